The number of rotatable bonds is 4. The lowest BCUT2D eigenvalue weighted by molar-refractivity contribution is 0.0676. The second-order valence-corrected chi connectivity index (χ2v) is 6.91. The van der Waals surface area contributed by atoms with Crippen molar-refractivity contribution in [3.63, 3.8) is 0 Å². The fourth-order valence-corrected chi connectivity index (χ4v) is 3.39. The van der Waals surface area contributed by atoms with E-state index in [2.05, 4.69) is 37.8 Å². The molecule has 0 unspecified atom stereocenters. The van der Waals surface area contributed by atoms with E-state index in [0.29, 0.717) is 0 Å². The summed E-state index contributed by atoms with van der Waals surface area (Å²) in [4.78, 5) is 12.1. The van der Waals surface area contributed by atoms with E-state index in [1.54, 1.807) is 7.11 Å². The molecule has 1 aromatic rings. The molecular formula is C21H29N3O2. The molecule has 0 amide bonds. The number of hydrogen-bond acceptors (Lipinski definition) is 5. The van der Waals surface area contributed by atoms with Crippen molar-refractivity contribution in [3.8, 4) is 5.75 Å². The molecule has 0 aromatic heterocycles. The highest BCUT2D eigenvalue weighted by atomic mass is 16.5. The smallest absolute Gasteiger partial charge is 0.225 e. The molecule has 1 aromatic carbocycles. The van der Waals surface area contributed by atoms with Gasteiger partial charge >= 0.3 is 0 Å². The average molecular weight is 355 g/mol. The minimum Gasteiger partial charge on any atom is -0.497 e. The Morgan fingerprint density at radius 1 is 1.15 bits per heavy atom. The van der Waals surface area contributed by atoms with Crippen LogP contribution < -0.4 is 4.74 Å². The van der Waals surface area contributed by atoms with Gasteiger partial charge in [-0.1, -0.05) is 13.0 Å². The van der Waals surface area contributed by atoms with Crippen LogP contribution in [0.15, 0.2) is 39.5 Å². The van der Waals surface area contributed by atoms with E-state index in [0.717, 1.165) is 68.7 Å². The van der Waals surface area contributed by atoms with Crippen molar-refractivity contribution in [1.29, 1.82) is 0 Å². The Balaban J connectivity index is 1.96. The molecule has 0 N–H and O–H groups in total. The van der Waals surface area contributed by atoms with Gasteiger partial charge in [0.1, 0.15) is 5.75 Å². The maximum absolute atomic E-state index is 5.48. The van der Waals surface area contributed by atoms with E-state index in [-0.39, 0.29) is 0 Å². The van der Waals surface area contributed by atoms with E-state index in [9.17, 15) is 0 Å². The van der Waals surface area contributed by atoms with Gasteiger partial charge in [0.25, 0.3) is 0 Å². The summed E-state index contributed by atoms with van der Waals surface area (Å²) >= 11 is 0. The van der Waals surface area contributed by atoms with Crippen LogP contribution in [0, 0.1) is 6.92 Å². The van der Waals surface area contributed by atoms with E-state index >= 15 is 0 Å². The molecule has 2 aliphatic heterocycles. The van der Waals surface area contributed by atoms with Crippen LogP contribution in [0.25, 0.3) is 0 Å². The van der Waals surface area contributed by atoms with Crippen molar-refractivity contribution in [1.82, 2.24) is 4.90 Å². The zero-order valence-electron chi connectivity index (χ0n) is 16.3. The zero-order valence-corrected chi connectivity index (χ0v) is 16.3. The number of hydrogen-bond donors (Lipinski definition) is 0. The van der Waals surface area contributed by atoms with Gasteiger partial charge in [0, 0.05) is 37.3 Å². The molecule has 0 spiro atoms. The van der Waals surface area contributed by atoms with Crippen LogP contribution in [0.5, 0.6) is 5.75 Å². The Morgan fingerprint density at radius 3 is 2.62 bits per heavy atom. The molecule has 1 saturated heterocycles. The van der Waals surface area contributed by atoms with Gasteiger partial charge in [-0.05, 0) is 49.1 Å². The van der Waals surface area contributed by atoms with Gasteiger partial charge in [-0.15, -0.1) is 0 Å². The molecule has 5 heteroatoms. The van der Waals surface area contributed by atoms with Gasteiger partial charge in [0.05, 0.1) is 20.3 Å². The molecule has 0 atom stereocenters. The van der Waals surface area contributed by atoms with Gasteiger partial charge in [-0.2, -0.15) is 0 Å². The maximum atomic E-state index is 5.48. The molecule has 26 heavy (non-hydrogen) atoms. The van der Waals surface area contributed by atoms with E-state index in [1.165, 1.54) is 16.7 Å². The fourth-order valence-electron chi connectivity index (χ4n) is 3.39. The Labute approximate surface area is 156 Å². The standard InChI is InChI=1S/C21H29N3O2/c1-5-17-12-16(3)22-21(24-8-10-26-11-9-24)23-20(17)14-18-13-19(25-4)7-6-15(18)2/h6-7,13H,5,8-12,14H2,1-4H3. The van der Waals surface area contributed by atoms with Gasteiger partial charge in [0.15, 0.2) is 0 Å². The zero-order chi connectivity index (χ0) is 18.5. The van der Waals surface area contributed by atoms with Gasteiger partial charge in [-0.3, -0.25) is 0 Å². The Bertz CT molecular complexity index is 744. The first-order valence-corrected chi connectivity index (χ1v) is 9.40. The SMILES string of the molecule is CCC1=C(Cc2cc(OC)ccc2C)N=C(N2CCOCC2)N=C(C)C1. The molecule has 3 rings (SSSR count). The topological polar surface area (TPSA) is 46.4 Å². The van der Waals surface area contributed by atoms with Crippen LogP contribution in [0.4, 0.5) is 0 Å². The second-order valence-electron chi connectivity index (χ2n) is 6.91. The van der Waals surface area contributed by atoms with Crippen molar-refractivity contribution in [2.24, 2.45) is 9.98 Å². The van der Waals surface area contributed by atoms with Crippen molar-refractivity contribution in [2.45, 2.75) is 40.0 Å². The summed E-state index contributed by atoms with van der Waals surface area (Å²) in [6.45, 7) is 9.63. The summed E-state index contributed by atoms with van der Waals surface area (Å²) in [5, 5.41) is 0. The number of benzene rings is 1. The lowest BCUT2D eigenvalue weighted by atomic mass is 9.98. The van der Waals surface area contributed by atoms with Crippen LogP contribution in [0.2, 0.25) is 0 Å². The lowest BCUT2D eigenvalue weighted by Crippen LogP contribution is -2.40. The van der Waals surface area contributed by atoms with Crippen molar-refractivity contribution >= 4 is 11.7 Å². The van der Waals surface area contributed by atoms with Gasteiger partial charge in [0.2, 0.25) is 5.96 Å². The molecular weight excluding hydrogens is 326 g/mol. The highest BCUT2D eigenvalue weighted by Crippen LogP contribution is 2.26. The van der Waals surface area contributed by atoms with Crippen LogP contribution in [0.1, 0.15) is 37.8 Å². The molecule has 1 fully saturated rings. The number of morpholine rings is 1. The third-order valence-electron chi connectivity index (χ3n) is 5.04. The third-order valence-corrected chi connectivity index (χ3v) is 5.04. The molecule has 0 aliphatic carbocycles. The quantitative estimate of drug-likeness (QED) is 0.826. The first-order valence-electron chi connectivity index (χ1n) is 9.40. The first-order chi connectivity index (χ1) is 12.6. The van der Waals surface area contributed by atoms with Crippen LogP contribution in [0.3, 0.4) is 0 Å². The second kappa shape index (κ2) is 8.49. The molecule has 140 valence electrons. The Morgan fingerprint density at radius 2 is 1.92 bits per heavy atom. The minimum absolute atomic E-state index is 0.738. The molecule has 0 radical (unpaired) electrons. The highest BCUT2D eigenvalue weighted by Gasteiger charge is 2.20. The average Bonchev–Trinajstić information content (AvgIpc) is 2.82. The normalized spacial score (nSPS) is 18.4. The van der Waals surface area contributed by atoms with Crippen molar-refractivity contribution in [3.05, 3.63) is 40.6 Å². The monoisotopic (exact) mass is 355 g/mol. The molecule has 5 nitrogen and oxygen atoms in total. The van der Waals surface area contributed by atoms with Crippen molar-refractivity contribution in [2.75, 3.05) is 33.4 Å². The molecule has 2 aliphatic rings. The summed E-state index contributed by atoms with van der Waals surface area (Å²) in [6.07, 6.45) is 2.69. The summed E-state index contributed by atoms with van der Waals surface area (Å²) in [7, 11) is 1.71. The maximum Gasteiger partial charge on any atom is 0.225 e. The van der Waals surface area contributed by atoms with Crippen molar-refractivity contribution < 1.29 is 9.47 Å². The predicted octanol–water partition coefficient (Wildman–Crippen LogP) is 3.76. The number of nitrogens with zero attached hydrogens (tertiary/aromatic N) is 3. The van der Waals surface area contributed by atoms with Crippen LogP contribution in [-0.2, 0) is 11.2 Å². The summed E-state index contributed by atoms with van der Waals surface area (Å²) in [6, 6.07) is 6.25. The molecule has 0 saturated carbocycles. The summed E-state index contributed by atoms with van der Waals surface area (Å²) in [5.74, 6) is 1.73. The van der Waals surface area contributed by atoms with Gasteiger partial charge < -0.3 is 14.4 Å². The number of ether oxygens (including phenoxy) is 2. The van der Waals surface area contributed by atoms with E-state index in [1.807, 2.05) is 6.07 Å². The van der Waals surface area contributed by atoms with E-state index < -0.39 is 0 Å². The lowest BCUT2D eigenvalue weighted by Gasteiger charge is -2.27. The summed E-state index contributed by atoms with van der Waals surface area (Å²) < 4.78 is 10.9. The molecule has 0 bridgehead atoms. The number of allylic oxidation sites excluding steroid dienone is 2. The highest BCUT2D eigenvalue weighted by molar-refractivity contribution is 5.98. The largest absolute Gasteiger partial charge is 0.497 e. The predicted molar refractivity (Wildman–Crippen MR) is 106 cm³/mol. The van der Waals surface area contributed by atoms with E-state index in [4.69, 9.17) is 19.5 Å². The minimum atomic E-state index is 0.738. The first kappa shape index (κ1) is 18.6. The Kier molecular flexibility index (Phi) is 6.09. The number of guanidine groups is 1. The van der Waals surface area contributed by atoms with Crippen LogP contribution in [-0.4, -0.2) is 50.0 Å². The fraction of sp³-hybridized carbons (Fsp3) is 0.524. The third kappa shape index (κ3) is 4.33. The summed E-state index contributed by atoms with van der Waals surface area (Å²) in [5.41, 5.74) is 6.17. The molecule has 2 heterocycles. The number of methoxy groups -OCH3 is 1. The number of aliphatic imine (C=N–C) groups is 2. The van der Waals surface area contributed by atoms with Gasteiger partial charge in [-0.25, -0.2) is 9.98 Å². The van der Waals surface area contributed by atoms with Crippen LogP contribution >= 0.6 is 0 Å². The Hall–Kier alpha value is -2.14. The number of aryl methyl sites for hydroxylation is 1.